The van der Waals surface area contributed by atoms with Crippen LogP contribution < -0.4 is 4.90 Å². The number of hydrogen-bond donors (Lipinski definition) is 0. The Morgan fingerprint density at radius 3 is 1.70 bits per heavy atom. The van der Waals surface area contributed by atoms with Crippen molar-refractivity contribution >= 4 is 11.4 Å². The van der Waals surface area contributed by atoms with Crippen LogP contribution in [-0.2, 0) is 5.41 Å². The van der Waals surface area contributed by atoms with Gasteiger partial charge in [0, 0.05) is 17.3 Å². The minimum Gasteiger partial charge on any atom is -0.334 e. The second-order valence-electron chi connectivity index (χ2n) is 14.7. The fraction of sp³-hybridized carbons (Fsp3) is 0.200. The van der Waals surface area contributed by atoms with Crippen molar-refractivity contribution < 1.29 is 0 Å². The van der Waals surface area contributed by atoms with Crippen molar-refractivity contribution in [3.05, 3.63) is 167 Å². The lowest BCUT2D eigenvalue weighted by atomic mass is 9.70. The van der Waals surface area contributed by atoms with Crippen LogP contribution in [-0.4, -0.2) is 5.54 Å². The summed E-state index contributed by atoms with van der Waals surface area (Å²) < 4.78 is 0. The highest BCUT2D eigenvalue weighted by Crippen LogP contribution is 2.66. The van der Waals surface area contributed by atoms with Crippen LogP contribution >= 0.6 is 0 Å². The van der Waals surface area contributed by atoms with Crippen molar-refractivity contribution in [2.24, 2.45) is 5.41 Å². The monoisotopic (exact) mass is 591 g/mol. The zero-order valence-electron chi connectivity index (χ0n) is 26.7. The van der Waals surface area contributed by atoms with Gasteiger partial charge in [-0.1, -0.05) is 123 Å². The molecule has 1 aliphatic heterocycles. The van der Waals surface area contributed by atoms with Crippen LogP contribution in [0.2, 0.25) is 0 Å². The maximum atomic E-state index is 2.67. The topological polar surface area (TPSA) is 3.24 Å². The van der Waals surface area contributed by atoms with Crippen molar-refractivity contribution in [1.82, 2.24) is 0 Å². The molecule has 0 saturated heterocycles. The van der Waals surface area contributed by atoms with Gasteiger partial charge in [0.05, 0.1) is 11.0 Å². The van der Waals surface area contributed by atoms with E-state index < -0.39 is 0 Å². The van der Waals surface area contributed by atoms with Gasteiger partial charge >= 0.3 is 0 Å². The minimum atomic E-state index is -0.289. The molecule has 0 amide bonds. The fourth-order valence-corrected chi connectivity index (χ4v) is 10.2. The number of nitrogens with zero attached hydrogens (tertiary/aromatic N) is 1. The predicted octanol–water partition coefficient (Wildman–Crippen LogP) is 11.5. The van der Waals surface area contributed by atoms with Gasteiger partial charge in [-0.05, 0) is 117 Å². The molecule has 1 heterocycles. The number of anilines is 2. The first-order valence-corrected chi connectivity index (χ1v) is 16.9. The summed E-state index contributed by atoms with van der Waals surface area (Å²) in [6.45, 7) is 7.46. The van der Waals surface area contributed by atoms with Gasteiger partial charge < -0.3 is 4.90 Å². The first kappa shape index (κ1) is 26.3. The average molecular weight is 592 g/mol. The van der Waals surface area contributed by atoms with Crippen LogP contribution in [0.3, 0.4) is 0 Å². The molecule has 1 fully saturated rings. The minimum absolute atomic E-state index is 0.0296. The van der Waals surface area contributed by atoms with E-state index in [4.69, 9.17) is 0 Å². The molecule has 0 bridgehead atoms. The van der Waals surface area contributed by atoms with Crippen LogP contribution in [0.15, 0.2) is 140 Å². The summed E-state index contributed by atoms with van der Waals surface area (Å²) in [5, 5.41) is 0. The van der Waals surface area contributed by atoms with Gasteiger partial charge in [-0.3, -0.25) is 0 Å². The third-order valence-corrected chi connectivity index (χ3v) is 12.6. The molecule has 2 atom stereocenters. The smallest absolute Gasteiger partial charge is 0.0725 e. The van der Waals surface area contributed by atoms with Crippen LogP contribution in [0.25, 0.3) is 33.4 Å². The van der Waals surface area contributed by atoms with Crippen LogP contribution in [0.1, 0.15) is 67.3 Å². The lowest BCUT2D eigenvalue weighted by molar-refractivity contribution is 0.222. The lowest BCUT2D eigenvalue weighted by Gasteiger charge is -2.47. The fourth-order valence-electron chi connectivity index (χ4n) is 10.2. The quantitative estimate of drug-likeness (QED) is 0.193. The van der Waals surface area contributed by atoms with Crippen LogP contribution in [0.5, 0.6) is 0 Å². The van der Waals surface area contributed by atoms with E-state index in [1.54, 1.807) is 0 Å². The highest BCUT2D eigenvalue weighted by Gasteiger charge is 2.60. The summed E-state index contributed by atoms with van der Waals surface area (Å²) in [6.07, 6.45) is 2.46. The molecule has 46 heavy (non-hydrogen) atoms. The van der Waals surface area contributed by atoms with E-state index in [2.05, 4.69) is 165 Å². The lowest BCUT2D eigenvalue weighted by Crippen LogP contribution is -2.50. The van der Waals surface area contributed by atoms with Gasteiger partial charge in [0.25, 0.3) is 0 Å². The van der Waals surface area contributed by atoms with E-state index in [0.717, 1.165) is 0 Å². The van der Waals surface area contributed by atoms with Gasteiger partial charge in [-0.15, -0.1) is 0 Å². The molecule has 1 saturated carbocycles. The molecule has 1 spiro atoms. The molecule has 2 unspecified atom stereocenters. The van der Waals surface area contributed by atoms with Crippen molar-refractivity contribution in [3.8, 4) is 33.4 Å². The Labute approximate surface area is 272 Å². The zero-order valence-corrected chi connectivity index (χ0v) is 26.7. The molecular weight excluding hydrogens is 555 g/mol. The number of fused-ring (bicyclic) bond motifs is 13. The SMILES string of the molecule is CC1(C)CCC2c3cc(-c4ccc5c(c4)-c4ccccc4C54c5ccccc5-c5ccccc54)ccc3N(c3ccccc3)C21C. The maximum absolute atomic E-state index is 2.67. The summed E-state index contributed by atoms with van der Waals surface area (Å²) in [6, 6.07) is 52.9. The molecule has 10 rings (SSSR count). The molecule has 222 valence electrons. The molecule has 1 nitrogen and oxygen atoms in total. The summed E-state index contributed by atoms with van der Waals surface area (Å²) in [5.74, 6) is 0.502. The van der Waals surface area contributed by atoms with Gasteiger partial charge in [0.2, 0.25) is 0 Å². The number of hydrogen-bond acceptors (Lipinski definition) is 1. The highest BCUT2D eigenvalue weighted by molar-refractivity contribution is 5.96. The van der Waals surface area contributed by atoms with Crippen molar-refractivity contribution in [2.45, 2.75) is 50.5 Å². The predicted molar refractivity (Wildman–Crippen MR) is 191 cm³/mol. The van der Waals surface area contributed by atoms with Crippen molar-refractivity contribution in [1.29, 1.82) is 0 Å². The first-order valence-electron chi connectivity index (χ1n) is 16.9. The summed E-state index contributed by atoms with van der Waals surface area (Å²) in [4.78, 5) is 2.67. The van der Waals surface area contributed by atoms with E-state index in [0.29, 0.717) is 5.92 Å². The van der Waals surface area contributed by atoms with E-state index in [9.17, 15) is 0 Å². The van der Waals surface area contributed by atoms with Crippen molar-refractivity contribution in [3.63, 3.8) is 0 Å². The Bertz CT molecular complexity index is 2180. The van der Waals surface area contributed by atoms with Crippen LogP contribution in [0, 0.1) is 5.41 Å². The first-order chi connectivity index (χ1) is 22.4. The Balaban J connectivity index is 1.16. The summed E-state index contributed by atoms with van der Waals surface area (Å²) >= 11 is 0. The summed E-state index contributed by atoms with van der Waals surface area (Å²) in [7, 11) is 0. The largest absolute Gasteiger partial charge is 0.334 e. The standard InChI is InChI=1S/C45H37N/c1-43(2)26-25-37-36-28-30(22-24-42(36)46(44(37,43)3)31-13-5-4-6-14-31)29-21-23-41-35(27-29)34-17-9-12-20-40(34)45(41)38-18-10-7-15-32(38)33-16-8-11-19-39(33)45/h4-24,27-28,37H,25-26H2,1-3H3. The van der Waals surface area contributed by atoms with E-state index in [-0.39, 0.29) is 16.4 Å². The molecule has 1 heteroatoms. The van der Waals surface area contributed by atoms with Gasteiger partial charge in [-0.2, -0.15) is 0 Å². The third kappa shape index (κ3) is 3.02. The average Bonchev–Trinajstić information content (AvgIpc) is 3.74. The molecule has 0 aromatic heterocycles. The maximum Gasteiger partial charge on any atom is 0.0725 e. The number of rotatable bonds is 2. The van der Waals surface area contributed by atoms with E-state index >= 15 is 0 Å². The molecule has 0 N–H and O–H groups in total. The number of para-hydroxylation sites is 1. The second-order valence-corrected chi connectivity index (χ2v) is 14.7. The normalized spacial score (nSPS) is 21.8. The zero-order chi connectivity index (χ0) is 30.8. The molecular formula is C45H37N. The van der Waals surface area contributed by atoms with Gasteiger partial charge in [0.1, 0.15) is 0 Å². The van der Waals surface area contributed by atoms with Crippen molar-refractivity contribution in [2.75, 3.05) is 4.90 Å². The van der Waals surface area contributed by atoms with Gasteiger partial charge in [-0.25, -0.2) is 0 Å². The Morgan fingerprint density at radius 2 is 1.04 bits per heavy atom. The highest BCUT2D eigenvalue weighted by atomic mass is 15.3. The van der Waals surface area contributed by atoms with Gasteiger partial charge in [0.15, 0.2) is 0 Å². The molecule has 4 aliphatic rings. The molecule has 0 radical (unpaired) electrons. The molecule has 3 aliphatic carbocycles. The number of benzene rings is 6. The van der Waals surface area contributed by atoms with E-state index in [1.165, 1.54) is 85.4 Å². The molecule has 6 aromatic rings. The second kappa shape index (κ2) is 8.89. The Hall–Kier alpha value is -4.88. The Morgan fingerprint density at radius 1 is 0.522 bits per heavy atom. The summed E-state index contributed by atoms with van der Waals surface area (Å²) in [5.41, 5.74) is 17.8. The Kier molecular flexibility index (Phi) is 5.09. The van der Waals surface area contributed by atoms with Crippen LogP contribution in [0.4, 0.5) is 11.4 Å². The third-order valence-electron chi connectivity index (χ3n) is 12.6. The van der Waals surface area contributed by atoms with E-state index in [1.807, 2.05) is 0 Å². The molecule has 6 aromatic carbocycles.